The Labute approximate surface area is 94.7 Å². The summed E-state index contributed by atoms with van der Waals surface area (Å²) in [6.45, 7) is 8.47. The number of rotatable bonds is 9. The highest BCUT2D eigenvalue weighted by molar-refractivity contribution is 6.35. The van der Waals surface area contributed by atoms with Crippen LogP contribution in [0, 0.1) is 0 Å². The molecule has 2 radical (unpaired) electrons. The molecule has 0 aliphatic carbocycles. The maximum absolute atomic E-state index is 11.0. The van der Waals surface area contributed by atoms with Crippen LogP contribution in [0.2, 0.25) is 6.04 Å². The third-order valence-electron chi connectivity index (χ3n) is 1.74. The average Bonchev–Trinajstić information content (AvgIpc) is 2.21. The Morgan fingerprint density at radius 3 is 2.73 bits per heavy atom. The van der Waals surface area contributed by atoms with Crippen LogP contribution in [0.15, 0.2) is 12.2 Å². The molecule has 0 aliphatic rings. The Hall–Kier alpha value is -0.613. The van der Waals surface area contributed by atoms with E-state index in [1.807, 2.05) is 6.92 Å². The average molecular weight is 228 g/mol. The first kappa shape index (κ1) is 14.4. The highest BCUT2D eigenvalue weighted by atomic mass is 28.2. The lowest BCUT2D eigenvalue weighted by atomic mass is 10.3. The first-order chi connectivity index (χ1) is 7.18. The lowest BCUT2D eigenvalue weighted by Crippen LogP contribution is -2.07. The van der Waals surface area contributed by atoms with Gasteiger partial charge in [-0.1, -0.05) is 19.0 Å². The molecule has 0 spiro atoms. The van der Waals surface area contributed by atoms with Crippen LogP contribution in [0.1, 0.15) is 26.7 Å². The van der Waals surface area contributed by atoms with Crippen molar-refractivity contribution >= 4 is 15.5 Å². The van der Waals surface area contributed by atoms with Gasteiger partial charge < -0.3 is 9.47 Å². The molecule has 0 amide bonds. The van der Waals surface area contributed by atoms with Gasteiger partial charge in [-0.3, -0.25) is 0 Å². The SMILES string of the molecule is C=C(C)C(=O)OCCCC[Si]COCC. The van der Waals surface area contributed by atoms with Crippen LogP contribution in [0.3, 0.4) is 0 Å². The van der Waals surface area contributed by atoms with Crippen LogP contribution >= 0.6 is 0 Å². The van der Waals surface area contributed by atoms with Gasteiger partial charge >= 0.3 is 5.97 Å². The highest BCUT2D eigenvalue weighted by Gasteiger charge is 2.01. The van der Waals surface area contributed by atoms with Crippen molar-refractivity contribution in [2.75, 3.05) is 19.4 Å². The predicted molar refractivity (Wildman–Crippen MR) is 62.1 cm³/mol. The lowest BCUT2D eigenvalue weighted by Gasteiger charge is -2.03. The van der Waals surface area contributed by atoms with Gasteiger partial charge in [0.2, 0.25) is 0 Å². The van der Waals surface area contributed by atoms with E-state index in [9.17, 15) is 4.79 Å². The number of esters is 1. The van der Waals surface area contributed by atoms with E-state index in [2.05, 4.69) is 6.58 Å². The van der Waals surface area contributed by atoms with Crippen molar-refractivity contribution in [2.24, 2.45) is 0 Å². The van der Waals surface area contributed by atoms with Crippen molar-refractivity contribution in [1.29, 1.82) is 0 Å². The highest BCUT2D eigenvalue weighted by Crippen LogP contribution is 1.98. The van der Waals surface area contributed by atoms with E-state index in [0.717, 1.165) is 41.2 Å². The summed E-state index contributed by atoms with van der Waals surface area (Å²) in [5.41, 5.74) is 0.466. The number of hydrogen-bond acceptors (Lipinski definition) is 3. The summed E-state index contributed by atoms with van der Waals surface area (Å²) in [6, 6.07) is 1.16. The zero-order valence-electron chi connectivity index (χ0n) is 9.67. The molecule has 0 aromatic rings. The largest absolute Gasteiger partial charge is 0.462 e. The third-order valence-corrected chi connectivity index (χ3v) is 2.85. The van der Waals surface area contributed by atoms with Gasteiger partial charge in [0.25, 0.3) is 0 Å². The maximum Gasteiger partial charge on any atom is 0.333 e. The number of ether oxygens (including phenoxy) is 2. The molecule has 0 bridgehead atoms. The standard InChI is InChI=1S/C11H20O3Si/c1-4-13-9-15-8-6-5-7-14-11(12)10(2)3/h2,4-9H2,1,3H3. The van der Waals surface area contributed by atoms with Crippen LogP contribution in [0.5, 0.6) is 0 Å². The molecule has 3 nitrogen and oxygen atoms in total. The molecule has 15 heavy (non-hydrogen) atoms. The monoisotopic (exact) mass is 228 g/mol. The van der Waals surface area contributed by atoms with E-state index in [4.69, 9.17) is 9.47 Å². The minimum Gasteiger partial charge on any atom is -0.462 e. The van der Waals surface area contributed by atoms with Crippen LogP contribution in [-0.4, -0.2) is 34.9 Å². The predicted octanol–water partition coefficient (Wildman–Crippen LogP) is 2.00. The summed E-state index contributed by atoms with van der Waals surface area (Å²) < 4.78 is 10.2. The minimum absolute atomic E-state index is 0.285. The molecule has 0 N–H and O–H groups in total. The molecule has 86 valence electrons. The number of carbonyl (C=O) groups is 1. The quantitative estimate of drug-likeness (QED) is 0.262. The maximum atomic E-state index is 11.0. The molecular formula is C11H20O3Si. The summed E-state index contributed by atoms with van der Waals surface area (Å²) in [7, 11) is 0.860. The fraction of sp³-hybridized carbons (Fsp3) is 0.727. The zero-order valence-corrected chi connectivity index (χ0v) is 10.7. The Kier molecular flexibility index (Phi) is 9.52. The van der Waals surface area contributed by atoms with Crippen molar-refractivity contribution < 1.29 is 14.3 Å². The van der Waals surface area contributed by atoms with Gasteiger partial charge in [-0.15, -0.1) is 0 Å². The van der Waals surface area contributed by atoms with E-state index in [1.54, 1.807) is 6.92 Å². The number of carbonyl (C=O) groups excluding carboxylic acids is 1. The van der Waals surface area contributed by atoms with Gasteiger partial charge in [0.15, 0.2) is 0 Å². The summed E-state index contributed by atoms with van der Waals surface area (Å²) in [4.78, 5) is 11.0. The van der Waals surface area contributed by atoms with E-state index < -0.39 is 0 Å². The van der Waals surface area contributed by atoms with E-state index >= 15 is 0 Å². The second-order valence-electron chi connectivity index (χ2n) is 3.26. The molecule has 0 unspecified atom stereocenters. The molecule has 0 aromatic heterocycles. The molecule has 0 saturated heterocycles. The first-order valence-corrected chi connectivity index (χ1v) is 6.71. The number of hydrogen-bond donors (Lipinski definition) is 0. The Balaban J connectivity index is 3.11. The Morgan fingerprint density at radius 1 is 1.40 bits per heavy atom. The van der Waals surface area contributed by atoms with Crippen molar-refractivity contribution in [3.63, 3.8) is 0 Å². The summed E-state index contributed by atoms with van der Waals surface area (Å²) in [6.07, 6.45) is 2.88. The minimum atomic E-state index is -0.285. The molecule has 4 heteroatoms. The van der Waals surface area contributed by atoms with E-state index in [0.29, 0.717) is 12.2 Å². The smallest absolute Gasteiger partial charge is 0.333 e. The topological polar surface area (TPSA) is 35.5 Å². The van der Waals surface area contributed by atoms with Crippen molar-refractivity contribution in [1.82, 2.24) is 0 Å². The van der Waals surface area contributed by atoms with E-state index in [-0.39, 0.29) is 5.97 Å². The van der Waals surface area contributed by atoms with Gasteiger partial charge in [-0.2, -0.15) is 0 Å². The molecule has 0 fully saturated rings. The summed E-state index contributed by atoms with van der Waals surface area (Å²) in [5, 5.41) is 0. The number of unbranched alkanes of at least 4 members (excludes halogenated alkanes) is 1. The van der Waals surface area contributed by atoms with Crippen LogP contribution in [-0.2, 0) is 14.3 Å². The zero-order chi connectivity index (χ0) is 11.5. The molecular weight excluding hydrogens is 208 g/mol. The van der Waals surface area contributed by atoms with Crippen molar-refractivity contribution in [3.8, 4) is 0 Å². The Bertz CT molecular complexity index is 192. The fourth-order valence-corrected chi connectivity index (χ4v) is 1.88. The first-order valence-electron chi connectivity index (χ1n) is 5.29. The van der Waals surface area contributed by atoms with Crippen molar-refractivity contribution in [3.05, 3.63) is 12.2 Å². The summed E-state index contributed by atoms with van der Waals surface area (Å²) >= 11 is 0. The lowest BCUT2D eigenvalue weighted by molar-refractivity contribution is -0.139. The molecule has 0 heterocycles. The molecule has 0 saturated carbocycles. The van der Waals surface area contributed by atoms with Gasteiger partial charge in [-0.05, 0) is 20.3 Å². The normalized spacial score (nSPS) is 10.0. The van der Waals surface area contributed by atoms with Crippen LogP contribution in [0.25, 0.3) is 0 Å². The van der Waals surface area contributed by atoms with E-state index in [1.165, 1.54) is 0 Å². The Morgan fingerprint density at radius 2 is 2.13 bits per heavy atom. The van der Waals surface area contributed by atoms with Gasteiger partial charge in [0, 0.05) is 18.4 Å². The third kappa shape index (κ3) is 9.69. The van der Waals surface area contributed by atoms with Crippen molar-refractivity contribution in [2.45, 2.75) is 32.7 Å². The second-order valence-corrected chi connectivity index (χ2v) is 4.55. The molecule has 0 atom stereocenters. The van der Waals surface area contributed by atoms with Gasteiger partial charge in [0.05, 0.1) is 16.1 Å². The molecule has 0 rings (SSSR count). The van der Waals surface area contributed by atoms with Gasteiger partial charge in [0.1, 0.15) is 0 Å². The molecule has 0 aromatic carbocycles. The van der Waals surface area contributed by atoms with Crippen LogP contribution in [0.4, 0.5) is 0 Å². The van der Waals surface area contributed by atoms with Crippen LogP contribution < -0.4 is 0 Å². The fourth-order valence-electron chi connectivity index (χ4n) is 0.887. The second kappa shape index (κ2) is 9.92. The summed E-state index contributed by atoms with van der Waals surface area (Å²) in [5.74, 6) is -0.285. The van der Waals surface area contributed by atoms with Gasteiger partial charge in [-0.25, -0.2) is 4.79 Å². The molecule has 0 aliphatic heterocycles.